The number of aromatic nitrogens is 1. The third-order valence-corrected chi connectivity index (χ3v) is 4.86. The lowest BCUT2D eigenvalue weighted by atomic mass is 10.2. The van der Waals surface area contributed by atoms with Gasteiger partial charge < -0.3 is 14.4 Å². The van der Waals surface area contributed by atoms with Gasteiger partial charge >= 0.3 is 0 Å². The monoisotopic (exact) mass is 387 g/mol. The van der Waals surface area contributed by atoms with E-state index in [2.05, 4.69) is 41.3 Å². The molecule has 0 fully saturated rings. The van der Waals surface area contributed by atoms with Crippen molar-refractivity contribution < 1.29 is 9.47 Å². The van der Waals surface area contributed by atoms with Crippen LogP contribution in [0.1, 0.15) is 5.56 Å². The predicted octanol–water partition coefficient (Wildman–Crippen LogP) is 4.63. The van der Waals surface area contributed by atoms with Gasteiger partial charge in [-0.2, -0.15) is 5.10 Å². The quantitative estimate of drug-likeness (QED) is 0.434. The molecule has 0 amide bonds. The van der Waals surface area contributed by atoms with Gasteiger partial charge in [0, 0.05) is 17.3 Å². The summed E-state index contributed by atoms with van der Waals surface area (Å²) in [6.45, 7) is 1.43. The van der Waals surface area contributed by atoms with Crippen LogP contribution in [0.25, 0.3) is 21.8 Å². The third kappa shape index (κ3) is 3.96. The van der Waals surface area contributed by atoms with Crippen LogP contribution in [0.3, 0.4) is 0 Å². The highest BCUT2D eigenvalue weighted by Crippen LogP contribution is 2.29. The highest BCUT2D eigenvalue weighted by Gasteiger charge is 2.09. The van der Waals surface area contributed by atoms with Gasteiger partial charge in [-0.15, -0.1) is 0 Å². The fraction of sp³-hybridized carbons (Fsp3) is 0.208. The number of nitrogens with zero attached hydrogens (tertiary/aromatic N) is 3. The van der Waals surface area contributed by atoms with Crippen molar-refractivity contribution in [1.82, 2.24) is 9.58 Å². The maximum Gasteiger partial charge on any atom is 0.161 e. The maximum atomic E-state index is 5.92. The standard InChI is InChI=1S/C24H25N3O2/c1-26(2)14-15-29-24-16-18(12-13-23(24)28-3)17-25-27-21-10-6-4-8-19(21)20-9-5-7-11-22(20)27/h4-13,16-17H,14-15H2,1-3H3/b25-17+. The van der Waals surface area contributed by atoms with Gasteiger partial charge in [0.25, 0.3) is 0 Å². The molecule has 29 heavy (non-hydrogen) atoms. The topological polar surface area (TPSA) is 39.0 Å². The molecule has 0 radical (unpaired) electrons. The van der Waals surface area contributed by atoms with Crippen LogP contribution >= 0.6 is 0 Å². The number of para-hydroxylation sites is 2. The van der Waals surface area contributed by atoms with E-state index in [9.17, 15) is 0 Å². The van der Waals surface area contributed by atoms with E-state index in [1.54, 1.807) is 7.11 Å². The number of hydrogen-bond acceptors (Lipinski definition) is 4. The minimum Gasteiger partial charge on any atom is -0.493 e. The Hall–Kier alpha value is -3.31. The highest BCUT2D eigenvalue weighted by molar-refractivity contribution is 6.08. The molecule has 0 saturated heterocycles. The van der Waals surface area contributed by atoms with E-state index in [0.717, 1.165) is 34.6 Å². The van der Waals surface area contributed by atoms with Gasteiger partial charge in [-0.05, 0) is 50.0 Å². The average molecular weight is 387 g/mol. The van der Waals surface area contributed by atoms with Crippen molar-refractivity contribution in [3.8, 4) is 11.5 Å². The van der Waals surface area contributed by atoms with Crippen LogP contribution in [0.4, 0.5) is 0 Å². The molecule has 5 heteroatoms. The van der Waals surface area contributed by atoms with Gasteiger partial charge in [0.2, 0.25) is 0 Å². The summed E-state index contributed by atoms with van der Waals surface area (Å²) in [4.78, 5) is 2.08. The van der Waals surface area contributed by atoms with E-state index in [1.165, 1.54) is 10.8 Å². The Bertz CT molecular complexity index is 1110. The van der Waals surface area contributed by atoms with Crippen molar-refractivity contribution in [2.75, 3.05) is 34.4 Å². The van der Waals surface area contributed by atoms with Gasteiger partial charge in [-0.25, -0.2) is 4.68 Å². The molecule has 0 N–H and O–H groups in total. The summed E-state index contributed by atoms with van der Waals surface area (Å²) in [6.07, 6.45) is 1.86. The second-order valence-electron chi connectivity index (χ2n) is 7.15. The minimum absolute atomic E-state index is 0.594. The van der Waals surface area contributed by atoms with Crippen LogP contribution < -0.4 is 9.47 Å². The molecule has 0 aliphatic heterocycles. The van der Waals surface area contributed by atoms with Crippen molar-refractivity contribution in [2.45, 2.75) is 0 Å². The van der Waals surface area contributed by atoms with Gasteiger partial charge in [-0.3, -0.25) is 0 Å². The molecule has 3 aromatic carbocycles. The summed E-state index contributed by atoms with van der Waals surface area (Å²) in [6, 6.07) is 22.5. The van der Waals surface area contributed by atoms with Crippen molar-refractivity contribution in [1.29, 1.82) is 0 Å². The van der Waals surface area contributed by atoms with Crippen molar-refractivity contribution in [2.24, 2.45) is 5.10 Å². The summed E-state index contributed by atoms with van der Waals surface area (Å²) in [7, 11) is 5.70. The maximum absolute atomic E-state index is 5.92. The first-order valence-corrected chi connectivity index (χ1v) is 9.65. The number of rotatable bonds is 7. The summed E-state index contributed by atoms with van der Waals surface area (Å²) in [5.41, 5.74) is 3.12. The van der Waals surface area contributed by atoms with Crippen molar-refractivity contribution in [3.63, 3.8) is 0 Å². The van der Waals surface area contributed by atoms with Crippen LogP contribution in [0, 0.1) is 0 Å². The summed E-state index contributed by atoms with van der Waals surface area (Å²) >= 11 is 0. The number of methoxy groups -OCH3 is 1. The molecule has 1 aromatic heterocycles. The Kier molecular flexibility index (Phi) is 5.49. The van der Waals surface area contributed by atoms with Gasteiger partial charge in [0.1, 0.15) is 6.61 Å². The zero-order valence-electron chi connectivity index (χ0n) is 17.0. The van der Waals surface area contributed by atoms with Crippen molar-refractivity contribution in [3.05, 3.63) is 72.3 Å². The first-order valence-electron chi connectivity index (χ1n) is 9.65. The molecule has 1 heterocycles. The zero-order valence-corrected chi connectivity index (χ0v) is 17.0. The second kappa shape index (κ2) is 8.37. The number of ether oxygens (including phenoxy) is 2. The Morgan fingerprint density at radius 3 is 2.17 bits per heavy atom. The average Bonchev–Trinajstić information content (AvgIpc) is 3.06. The zero-order chi connectivity index (χ0) is 20.2. The largest absolute Gasteiger partial charge is 0.493 e. The number of likely N-dealkylation sites (N-methyl/N-ethyl adjacent to an activating group) is 1. The smallest absolute Gasteiger partial charge is 0.161 e. The third-order valence-electron chi connectivity index (χ3n) is 4.86. The van der Waals surface area contributed by atoms with Gasteiger partial charge in [0.15, 0.2) is 11.5 Å². The molecule has 5 nitrogen and oxygen atoms in total. The molecule has 0 aliphatic rings. The van der Waals surface area contributed by atoms with E-state index in [4.69, 9.17) is 14.6 Å². The molecule has 0 aliphatic carbocycles. The van der Waals surface area contributed by atoms with Crippen molar-refractivity contribution >= 4 is 28.0 Å². The Morgan fingerprint density at radius 1 is 0.897 bits per heavy atom. The number of hydrogen-bond donors (Lipinski definition) is 0. The molecule has 0 atom stereocenters. The Morgan fingerprint density at radius 2 is 1.55 bits per heavy atom. The summed E-state index contributed by atoms with van der Waals surface area (Å²) in [5, 5.41) is 7.18. The van der Waals surface area contributed by atoms with E-state index in [-0.39, 0.29) is 0 Å². The van der Waals surface area contributed by atoms with E-state index < -0.39 is 0 Å². The summed E-state index contributed by atoms with van der Waals surface area (Å²) < 4.78 is 13.3. The lowest BCUT2D eigenvalue weighted by molar-refractivity contribution is 0.250. The molecule has 148 valence electrons. The molecular formula is C24H25N3O2. The van der Waals surface area contributed by atoms with E-state index in [1.807, 2.05) is 55.3 Å². The second-order valence-corrected chi connectivity index (χ2v) is 7.15. The molecule has 0 unspecified atom stereocenters. The fourth-order valence-corrected chi connectivity index (χ4v) is 3.38. The van der Waals surface area contributed by atoms with Crippen LogP contribution in [0.5, 0.6) is 11.5 Å². The molecule has 4 aromatic rings. The van der Waals surface area contributed by atoms with Crippen LogP contribution in [0.15, 0.2) is 71.8 Å². The van der Waals surface area contributed by atoms with Crippen LogP contribution in [-0.4, -0.2) is 50.1 Å². The van der Waals surface area contributed by atoms with E-state index >= 15 is 0 Å². The van der Waals surface area contributed by atoms with Gasteiger partial charge in [0.05, 0.1) is 24.4 Å². The number of fused-ring (bicyclic) bond motifs is 3. The number of benzene rings is 3. The highest BCUT2D eigenvalue weighted by atomic mass is 16.5. The normalized spacial score (nSPS) is 11.7. The first kappa shape index (κ1) is 19.0. The molecule has 4 rings (SSSR count). The Labute approximate surface area is 170 Å². The van der Waals surface area contributed by atoms with Gasteiger partial charge in [-0.1, -0.05) is 36.4 Å². The minimum atomic E-state index is 0.594. The first-order chi connectivity index (χ1) is 14.2. The lowest BCUT2D eigenvalue weighted by Crippen LogP contribution is -2.19. The molecule has 0 bridgehead atoms. The predicted molar refractivity (Wildman–Crippen MR) is 119 cm³/mol. The Balaban J connectivity index is 1.68. The lowest BCUT2D eigenvalue weighted by Gasteiger charge is -2.13. The summed E-state index contributed by atoms with van der Waals surface area (Å²) in [5.74, 6) is 1.44. The molecular weight excluding hydrogens is 362 g/mol. The SMILES string of the molecule is COc1ccc(/C=N/n2c3ccccc3c3ccccc32)cc1OCCN(C)C. The molecule has 0 spiro atoms. The molecule has 0 saturated carbocycles. The van der Waals surface area contributed by atoms with Crippen LogP contribution in [-0.2, 0) is 0 Å². The van der Waals surface area contributed by atoms with Crippen LogP contribution in [0.2, 0.25) is 0 Å². The fourth-order valence-electron chi connectivity index (χ4n) is 3.38. The van der Waals surface area contributed by atoms with E-state index in [0.29, 0.717) is 6.61 Å².